The number of hydrogen-bond donors (Lipinski definition) is 1. The smallest absolute Gasteiger partial charge is 0.342 e. The normalized spacial score (nSPS) is 15.4. The molecule has 0 atom stereocenters. The molecule has 1 aromatic carbocycles. The van der Waals surface area contributed by atoms with Crippen LogP contribution in [-0.2, 0) is 16.1 Å². The molecule has 29 heavy (non-hydrogen) atoms. The first-order valence-electron chi connectivity index (χ1n) is 9.59. The maximum atomic E-state index is 12.5. The summed E-state index contributed by atoms with van der Waals surface area (Å²) in [4.78, 5) is 28.2. The van der Waals surface area contributed by atoms with Gasteiger partial charge in [0.05, 0.1) is 12.9 Å². The fourth-order valence-corrected chi connectivity index (χ4v) is 2.96. The molecule has 0 unspecified atom stereocenters. The van der Waals surface area contributed by atoms with Crippen molar-refractivity contribution in [2.75, 3.05) is 13.2 Å². The van der Waals surface area contributed by atoms with E-state index in [1.165, 1.54) is 6.07 Å². The van der Waals surface area contributed by atoms with Gasteiger partial charge < -0.3 is 19.1 Å². The van der Waals surface area contributed by atoms with Gasteiger partial charge in [0.1, 0.15) is 36.1 Å². The number of carbonyl (C=O) groups excluding carboxylic acids is 2. The molecule has 0 saturated heterocycles. The summed E-state index contributed by atoms with van der Waals surface area (Å²) in [6.45, 7) is 1.03. The average Bonchev–Trinajstić information content (AvgIpc) is 3.20. The number of ether oxygens (including phenoxy) is 2. The van der Waals surface area contributed by atoms with Gasteiger partial charge in [0.25, 0.3) is 0 Å². The molecule has 0 fully saturated rings. The van der Waals surface area contributed by atoms with Crippen molar-refractivity contribution in [2.24, 2.45) is 0 Å². The monoisotopic (exact) mass is 396 g/mol. The van der Waals surface area contributed by atoms with E-state index in [9.17, 15) is 14.7 Å². The molecule has 7 nitrogen and oxygen atoms in total. The van der Waals surface area contributed by atoms with E-state index >= 15 is 0 Å². The Labute approximate surface area is 169 Å². The number of esters is 1. The van der Waals surface area contributed by atoms with Crippen molar-refractivity contribution in [1.82, 2.24) is 9.55 Å². The maximum absolute atomic E-state index is 12.5. The van der Waals surface area contributed by atoms with Crippen LogP contribution in [-0.4, -0.2) is 39.6 Å². The van der Waals surface area contributed by atoms with Crippen molar-refractivity contribution in [3.63, 3.8) is 0 Å². The molecule has 0 spiro atoms. The molecule has 2 heterocycles. The fraction of sp³-hybridized carbons (Fsp3) is 0.318. The number of cyclic esters (lactones) is 1. The maximum Gasteiger partial charge on any atom is 0.342 e. The van der Waals surface area contributed by atoms with Crippen LogP contribution >= 0.6 is 0 Å². The standard InChI is InChI=1S/C22H24N2O5/c25-18-7-3-1-2-6-17-14-19(28-13-11-24-10-9-23-16-24)15-20(26)21(17)22(27)29-12-5-4-8-18/h2,4-6,9-10,14-16,26H,1,3,7-8,11-13H2. The Bertz CT molecular complexity index is 900. The van der Waals surface area contributed by atoms with Crippen molar-refractivity contribution in [2.45, 2.75) is 32.2 Å². The van der Waals surface area contributed by atoms with Crippen LogP contribution in [0.5, 0.6) is 11.5 Å². The topological polar surface area (TPSA) is 90.7 Å². The summed E-state index contributed by atoms with van der Waals surface area (Å²) >= 11 is 0. The number of imidazole rings is 1. The van der Waals surface area contributed by atoms with Gasteiger partial charge >= 0.3 is 5.97 Å². The average molecular weight is 396 g/mol. The third-order valence-corrected chi connectivity index (χ3v) is 4.45. The van der Waals surface area contributed by atoms with Gasteiger partial charge in [-0.25, -0.2) is 9.78 Å². The van der Waals surface area contributed by atoms with Crippen molar-refractivity contribution in [1.29, 1.82) is 0 Å². The number of aromatic nitrogens is 2. The molecule has 0 radical (unpaired) electrons. The summed E-state index contributed by atoms with van der Waals surface area (Å²) in [5, 5.41) is 10.4. The minimum absolute atomic E-state index is 0.0395. The van der Waals surface area contributed by atoms with Crippen LogP contribution < -0.4 is 4.74 Å². The minimum atomic E-state index is -0.625. The predicted molar refractivity (Wildman–Crippen MR) is 108 cm³/mol. The Morgan fingerprint density at radius 3 is 2.93 bits per heavy atom. The second kappa shape index (κ2) is 10.3. The summed E-state index contributed by atoms with van der Waals surface area (Å²) in [6, 6.07) is 3.12. The van der Waals surface area contributed by atoms with Gasteiger partial charge in [-0.15, -0.1) is 0 Å². The van der Waals surface area contributed by atoms with Crippen LogP contribution in [0.15, 0.2) is 49.1 Å². The third kappa shape index (κ3) is 6.07. The van der Waals surface area contributed by atoms with Crippen molar-refractivity contribution >= 4 is 17.8 Å². The molecule has 1 aromatic heterocycles. The number of aromatic hydroxyl groups is 1. The number of phenols is 1. The number of benzene rings is 1. The van der Waals surface area contributed by atoms with E-state index in [2.05, 4.69) is 4.98 Å². The molecule has 0 amide bonds. The molecule has 2 aromatic rings. The lowest BCUT2D eigenvalue weighted by Gasteiger charge is -2.13. The first-order valence-corrected chi connectivity index (χ1v) is 9.59. The molecule has 1 aliphatic heterocycles. The summed E-state index contributed by atoms with van der Waals surface area (Å²) in [6.07, 6.45) is 14.5. The van der Waals surface area contributed by atoms with Gasteiger partial charge in [0, 0.05) is 31.3 Å². The zero-order chi connectivity index (χ0) is 20.5. The highest BCUT2D eigenvalue weighted by Crippen LogP contribution is 2.30. The molecular weight excluding hydrogens is 372 g/mol. The number of phenolic OH excluding ortho intramolecular Hbond substituents is 1. The highest BCUT2D eigenvalue weighted by atomic mass is 16.5. The van der Waals surface area contributed by atoms with Crippen molar-refractivity contribution in [3.8, 4) is 11.5 Å². The largest absolute Gasteiger partial charge is 0.507 e. The van der Waals surface area contributed by atoms with Crippen LogP contribution in [0.2, 0.25) is 0 Å². The summed E-state index contributed by atoms with van der Waals surface area (Å²) in [5.41, 5.74) is 0.616. The SMILES string of the molecule is O=C1CC=CCOC(=O)c2c(O)cc(OCCn3ccnc3)cc2C=CCCC1. The Balaban J connectivity index is 1.78. The van der Waals surface area contributed by atoms with E-state index in [1.54, 1.807) is 36.8 Å². The number of hydrogen-bond acceptors (Lipinski definition) is 6. The zero-order valence-electron chi connectivity index (χ0n) is 16.1. The third-order valence-electron chi connectivity index (χ3n) is 4.45. The highest BCUT2D eigenvalue weighted by Gasteiger charge is 2.18. The molecule has 3 rings (SSSR count). The molecule has 7 heteroatoms. The minimum Gasteiger partial charge on any atom is -0.507 e. The number of fused-ring (bicyclic) bond motifs is 1. The number of Topliss-reactive ketones (excluding diaryl/α,β-unsaturated/α-hetero) is 1. The van der Waals surface area contributed by atoms with E-state index in [-0.39, 0.29) is 23.7 Å². The van der Waals surface area contributed by atoms with E-state index in [0.717, 1.165) is 6.42 Å². The molecule has 0 aliphatic carbocycles. The van der Waals surface area contributed by atoms with Gasteiger partial charge in [0.2, 0.25) is 0 Å². The molecule has 1 N–H and O–H groups in total. The Morgan fingerprint density at radius 1 is 1.21 bits per heavy atom. The predicted octanol–water partition coefficient (Wildman–Crippen LogP) is 3.54. The first kappa shape index (κ1) is 20.4. The quantitative estimate of drug-likeness (QED) is 0.628. The Kier molecular flexibility index (Phi) is 7.22. The van der Waals surface area contributed by atoms with E-state index in [4.69, 9.17) is 9.47 Å². The van der Waals surface area contributed by atoms with Gasteiger partial charge in [0.15, 0.2) is 0 Å². The Hall–Kier alpha value is -3.35. The first-order chi connectivity index (χ1) is 14.1. The second-order valence-electron chi connectivity index (χ2n) is 6.66. The second-order valence-corrected chi connectivity index (χ2v) is 6.66. The summed E-state index contributed by atoms with van der Waals surface area (Å²) in [5.74, 6) is -0.208. The van der Waals surface area contributed by atoms with Gasteiger partial charge in [-0.3, -0.25) is 4.79 Å². The van der Waals surface area contributed by atoms with Crippen LogP contribution in [0.4, 0.5) is 0 Å². The van der Waals surface area contributed by atoms with Crippen molar-refractivity contribution in [3.05, 3.63) is 60.2 Å². The molecule has 0 saturated carbocycles. The lowest BCUT2D eigenvalue weighted by atomic mass is 10.0. The van der Waals surface area contributed by atoms with Crippen LogP contribution in [0.1, 0.15) is 41.6 Å². The van der Waals surface area contributed by atoms with E-state index in [0.29, 0.717) is 43.7 Å². The molecule has 0 bridgehead atoms. The summed E-state index contributed by atoms with van der Waals surface area (Å²) in [7, 11) is 0. The van der Waals surface area contributed by atoms with E-state index in [1.807, 2.05) is 16.8 Å². The lowest BCUT2D eigenvalue weighted by molar-refractivity contribution is -0.118. The van der Waals surface area contributed by atoms with Crippen LogP contribution in [0.3, 0.4) is 0 Å². The number of nitrogens with zero attached hydrogens (tertiary/aromatic N) is 2. The molecular formula is C22H24N2O5. The van der Waals surface area contributed by atoms with Crippen LogP contribution in [0, 0.1) is 0 Å². The highest BCUT2D eigenvalue weighted by molar-refractivity contribution is 5.97. The van der Waals surface area contributed by atoms with Gasteiger partial charge in [-0.2, -0.15) is 0 Å². The molecule has 1 aliphatic rings. The zero-order valence-corrected chi connectivity index (χ0v) is 16.1. The van der Waals surface area contributed by atoms with E-state index < -0.39 is 5.97 Å². The lowest BCUT2D eigenvalue weighted by Crippen LogP contribution is -2.10. The van der Waals surface area contributed by atoms with Crippen molar-refractivity contribution < 1.29 is 24.2 Å². The number of rotatable bonds is 4. The number of ketones is 1. The fourth-order valence-electron chi connectivity index (χ4n) is 2.96. The number of carbonyl (C=O) groups is 2. The summed E-state index contributed by atoms with van der Waals surface area (Å²) < 4.78 is 12.8. The van der Waals surface area contributed by atoms with Crippen LogP contribution in [0.25, 0.3) is 6.08 Å². The number of allylic oxidation sites excluding steroid dienone is 2. The van der Waals surface area contributed by atoms with Gasteiger partial charge in [-0.1, -0.05) is 24.3 Å². The van der Waals surface area contributed by atoms with Gasteiger partial charge in [-0.05, 0) is 24.5 Å². The molecule has 152 valence electrons. The Morgan fingerprint density at radius 2 is 2.10 bits per heavy atom.